The number of carbonyl (C=O) groups excluding carboxylic acids is 1. The van der Waals surface area contributed by atoms with Crippen LogP contribution >= 0.6 is 0 Å². The first kappa shape index (κ1) is 15.9. The molecule has 2 amide bonds. The molecule has 0 saturated heterocycles. The summed E-state index contributed by atoms with van der Waals surface area (Å²) >= 11 is 0. The van der Waals surface area contributed by atoms with Gasteiger partial charge in [-0.2, -0.15) is 5.10 Å². The number of urea groups is 1. The predicted octanol–water partition coefficient (Wildman–Crippen LogP) is 0.489. The Hall–Kier alpha value is -2.12. The first-order valence-corrected chi connectivity index (χ1v) is 6.58. The summed E-state index contributed by atoms with van der Waals surface area (Å²) in [6, 6.07) is -0.348. The zero-order valence-electron chi connectivity index (χ0n) is 11.8. The maximum atomic E-state index is 11.9. The van der Waals surface area contributed by atoms with E-state index in [2.05, 4.69) is 20.5 Å². The molecule has 8 heteroatoms. The maximum absolute atomic E-state index is 11.9. The second-order valence-electron chi connectivity index (χ2n) is 4.94. The highest BCUT2D eigenvalue weighted by atomic mass is 16.4. The molecule has 0 spiro atoms. The number of hydrogen-bond acceptors (Lipinski definition) is 4. The highest BCUT2D eigenvalue weighted by molar-refractivity contribution is 5.80. The van der Waals surface area contributed by atoms with Crippen LogP contribution in [0.1, 0.15) is 26.1 Å². The van der Waals surface area contributed by atoms with Crippen molar-refractivity contribution in [2.75, 3.05) is 19.6 Å². The van der Waals surface area contributed by atoms with E-state index in [1.165, 1.54) is 11.2 Å². The molecule has 1 aromatic heterocycles. The summed E-state index contributed by atoms with van der Waals surface area (Å²) in [5.74, 6) is -0.0272. The van der Waals surface area contributed by atoms with Crippen molar-refractivity contribution in [1.29, 1.82) is 0 Å². The highest BCUT2D eigenvalue weighted by Crippen LogP contribution is 1.99. The molecule has 0 aliphatic heterocycles. The Morgan fingerprint density at radius 2 is 2.25 bits per heavy atom. The molecule has 0 atom stereocenters. The fourth-order valence-electron chi connectivity index (χ4n) is 1.74. The molecule has 1 heterocycles. The molecule has 1 rings (SSSR count). The van der Waals surface area contributed by atoms with Crippen LogP contribution in [0.5, 0.6) is 0 Å². The van der Waals surface area contributed by atoms with Gasteiger partial charge in [-0.05, 0) is 12.3 Å². The van der Waals surface area contributed by atoms with E-state index >= 15 is 0 Å². The number of carboxylic acid groups (broad SMARTS) is 1. The predicted molar refractivity (Wildman–Crippen MR) is 72.1 cm³/mol. The lowest BCUT2D eigenvalue weighted by Gasteiger charge is -2.23. The van der Waals surface area contributed by atoms with Gasteiger partial charge in [0, 0.05) is 19.5 Å². The molecule has 0 unspecified atom stereocenters. The SMILES string of the molecule is CC(C)CN(CC(=O)O)C(=O)NCCCc1ncn[nH]1. The van der Waals surface area contributed by atoms with Crippen molar-refractivity contribution < 1.29 is 14.7 Å². The van der Waals surface area contributed by atoms with Crippen LogP contribution in [-0.2, 0) is 11.2 Å². The molecule has 112 valence electrons. The summed E-state index contributed by atoms with van der Waals surface area (Å²) in [6.45, 7) is 4.47. The molecule has 0 bridgehead atoms. The Morgan fingerprint density at radius 1 is 1.50 bits per heavy atom. The minimum atomic E-state index is -1.01. The first-order valence-electron chi connectivity index (χ1n) is 6.58. The second-order valence-corrected chi connectivity index (χ2v) is 4.94. The minimum absolute atomic E-state index is 0.217. The lowest BCUT2D eigenvalue weighted by atomic mass is 10.2. The Balaban J connectivity index is 2.31. The van der Waals surface area contributed by atoms with Crippen molar-refractivity contribution in [3.63, 3.8) is 0 Å². The topological polar surface area (TPSA) is 111 Å². The molecule has 1 aromatic rings. The number of rotatable bonds is 8. The number of carboxylic acids is 1. The van der Waals surface area contributed by atoms with E-state index < -0.39 is 5.97 Å². The summed E-state index contributed by atoms with van der Waals surface area (Å²) in [5.41, 5.74) is 0. The van der Waals surface area contributed by atoms with Crippen LogP contribution in [-0.4, -0.2) is 56.8 Å². The number of nitrogens with zero attached hydrogens (tertiary/aromatic N) is 3. The van der Waals surface area contributed by atoms with Crippen LogP contribution in [0.15, 0.2) is 6.33 Å². The van der Waals surface area contributed by atoms with Crippen molar-refractivity contribution in [1.82, 2.24) is 25.4 Å². The van der Waals surface area contributed by atoms with E-state index in [0.29, 0.717) is 25.9 Å². The Morgan fingerprint density at radius 3 is 2.80 bits per heavy atom. The highest BCUT2D eigenvalue weighted by Gasteiger charge is 2.17. The fourth-order valence-corrected chi connectivity index (χ4v) is 1.74. The number of nitrogens with one attached hydrogen (secondary N) is 2. The molecule has 3 N–H and O–H groups in total. The molecule has 0 fully saturated rings. The third-order valence-corrected chi connectivity index (χ3v) is 2.53. The molecule has 0 aliphatic rings. The second kappa shape index (κ2) is 8.13. The van der Waals surface area contributed by atoms with Gasteiger partial charge in [-0.1, -0.05) is 13.8 Å². The third kappa shape index (κ3) is 6.17. The van der Waals surface area contributed by atoms with E-state index in [9.17, 15) is 9.59 Å². The number of aliphatic carboxylic acids is 1. The van der Waals surface area contributed by atoms with Gasteiger partial charge in [0.05, 0.1) is 0 Å². The molecular weight excluding hydrogens is 262 g/mol. The van der Waals surface area contributed by atoms with Gasteiger partial charge < -0.3 is 15.3 Å². The molecule has 20 heavy (non-hydrogen) atoms. The zero-order valence-corrected chi connectivity index (χ0v) is 11.8. The van der Waals surface area contributed by atoms with Gasteiger partial charge in [-0.25, -0.2) is 9.78 Å². The molecular formula is C12H21N5O3. The van der Waals surface area contributed by atoms with Crippen LogP contribution in [0.4, 0.5) is 4.79 Å². The average molecular weight is 283 g/mol. The standard InChI is InChI=1S/C12H21N5O3/c1-9(2)6-17(7-11(18)19)12(20)13-5-3-4-10-14-8-15-16-10/h8-9H,3-7H2,1-2H3,(H,13,20)(H,18,19)(H,14,15,16). The van der Waals surface area contributed by atoms with Gasteiger partial charge in [-0.3, -0.25) is 9.89 Å². The van der Waals surface area contributed by atoms with Gasteiger partial charge in [0.1, 0.15) is 18.7 Å². The number of amides is 2. The summed E-state index contributed by atoms with van der Waals surface area (Å²) < 4.78 is 0. The quantitative estimate of drug-likeness (QED) is 0.601. The van der Waals surface area contributed by atoms with Crippen molar-refractivity contribution in [2.24, 2.45) is 5.92 Å². The van der Waals surface area contributed by atoms with Crippen LogP contribution in [0.25, 0.3) is 0 Å². The lowest BCUT2D eigenvalue weighted by Crippen LogP contribution is -2.44. The smallest absolute Gasteiger partial charge is 0.323 e. The number of hydrogen-bond donors (Lipinski definition) is 3. The zero-order chi connectivity index (χ0) is 15.0. The number of aromatic amines is 1. The maximum Gasteiger partial charge on any atom is 0.323 e. The normalized spacial score (nSPS) is 10.6. The Bertz CT molecular complexity index is 419. The van der Waals surface area contributed by atoms with Gasteiger partial charge in [0.25, 0.3) is 0 Å². The van der Waals surface area contributed by atoms with E-state index in [1.54, 1.807) is 0 Å². The van der Waals surface area contributed by atoms with Gasteiger partial charge in [0.15, 0.2) is 0 Å². The van der Waals surface area contributed by atoms with Crippen molar-refractivity contribution in [3.05, 3.63) is 12.2 Å². The molecule has 0 aliphatic carbocycles. The van der Waals surface area contributed by atoms with Crippen molar-refractivity contribution in [3.8, 4) is 0 Å². The largest absolute Gasteiger partial charge is 0.480 e. The first-order chi connectivity index (χ1) is 9.49. The summed E-state index contributed by atoms with van der Waals surface area (Å²) in [5, 5.41) is 18.0. The van der Waals surface area contributed by atoms with Gasteiger partial charge in [0.2, 0.25) is 0 Å². The molecule has 0 radical (unpaired) electrons. The number of aromatic nitrogens is 3. The summed E-state index contributed by atoms with van der Waals surface area (Å²) in [4.78, 5) is 27.9. The average Bonchev–Trinajstić information content (AvgIpc) is 2.85. The monoisotopic (exact) mass is 283 g/mol. The third-order valence-electron chi connectivity index (χ3n) is 2.53. The number of aryl methyl sites for hydroxylation is 1. The Kier molecular flexibility index (Phi) is 6.48. The fraction of sp³-hybridized carbons (Fsp3) is 0.667. The van der Waals surface area contributed by atoms with Crippen LogP contribution in [0.3, 0.4) is 0 Å². The van der Waals surface area contributed by atoms with Crippen LogP contribution in [0, 0.1) is 5.92 Å². The van der Waals surface area contributed by atoms with Gasteiger partial charge in [-0.15, -0.1) is 0 Å². The number of carbonyl (C=O) groups is 2. The van der Waals surface area contributed by atoms with E-state index in [4.69, 9.17) is 5.11 Å². The van der Waals surface area contributed by atoms with Crippen molar-refractivity contribution >= 4 is 12.0 Å². The minimum Gasteiger partial charge on any atom is -0.480 e. The van der Waals surface area contributed by atoms with Crippen LogP contribution in [0.2, 0.25) is 0 Å². The van der Waals surface area contributed by atoms with E-state index in [-0.39, 0.29) is 18.5 Å². The number of H-pyrrole nitrogens is 1. The van der Waals surface area contributed by atoms with Crippen LogP contribution < -0.4 is 5.32 Å². The van der Waals surface area contributed by atoms with E-state index in [0.717, 1.165) is 5.82 Å². The molecule has 8 nitrogen and oxygen atoms in total. The lowest BCUT2D eigenvalue weighted by molar-refractivity contribution is -0.137. The van der Waals surface area contributed by atoms with E-state index in [1.807, 2.05) is 13.8 Å². The van der Waals surface area contributed by atoms with Crippen molar-refractivity contribution in [2.45, 2.75) is 26.7 Å². The summed E-state index contributed by atoms with van der Waals surface area (Å²) in [7, 11) is 0. The summed E-state index contributed by atoms with van der Waals surface area (Å²) in [6.07, 6.45) is 2.83. The Labute approximate surface area is 117 Å². The molecule has 0 saturated carbocycles. The molecule has 0 aromatic carbocycles. The van der Waals surface area contributed by atoms with Gasteiger partial charge >= 0.3 is 12.0 Å².